The second-order valence-corrected chi connectivity index (χ2v) is 5.18. The van der Waals surface area contributed by atoms with Crippen molar-refractivity contribution in [2.24, 2.45) is 0 Å². The van der Waals surface area contributed by atoms with E-state index in [-0.39, 0.29) is 18.5 Å². The number of amides is 2. The minimum absolute atomic E-state index is 0.244. The lowest BCUT2D eigenvalue weighted by atomic mass is 10.1. The third kappa shape index (κ3) is 3.96. The number of hydrogen-bond acceptors (Lipinski definition) is 4. The van der Waals surface area contributed by atoms with Crippen molar-refractivity contribution in [1.29, 1.82) is 0 Å². The highest BCUT2D eigenvalue weighted by atomic mass is 16.5. The van der Waals surface area contributed by atoms with Crippen LogP contribution in [0.2, 0.25) is 0 Å². The van der Waals surface area contributed by atoms with Crippen molar-refractivity contribution >= 4 is 12.0 Å². The Bertz CT molecular complexity index is 398. The molecule has 2 aliphatic rings. The van der Waals surface area contributed by atoms with Crippen LogP contribution < -0.4 is 10.6 Å². The Morgan fingerprint density at radius 3 is 2.60 bits per heavy atom. The Kier molecular flexibility index (Phi) is 5.40. The summed E-state index contributed by atoms with van der Waals surface area (Å²) in [5.74, 6) is -0.343. The molecule has 20 heavy (non-hydrogen) atoms. The smallest absolute Gasteiger partial charge is 0.337 e. The van der Waals surface area contributed by atoms with E-state index in [9.17, 15) is 9.59 Å². The van der Waals surface area contributed by atoms with Crippen molar-refractivity contribution in [2.45, 2.75) is 32.6 Å². The number of hydrogen-bond donors (Lipinski definition) is 2. The molecule has 0 saturated carbocycles. The molecule has 0 radical (unpaired) electrons. The van der Waals surface area contributed by atoms with Crippen molar-refractivity contribution in [3.8, 4) is 0 Å². The lowest BCUT2D eigenvalue weighted by Gasteiger charge is -2.26. The topological polar surface area (TPSA) is 70.7 Å². The lowest BCUT2D eigenvalue weighted by Crippen LogP contribution is -2.47. The van der Waals surface area contributed by atoms with Gasteiger partial charge in [-0.15, -0.1) is 0 Å². The van der Waals surface area contributed by atoms with Gasteiger partial charge < -0.3 is 15.4 Å². The van der Waals surface area contributed by atoms with Crippen LogP contribution in [0.4, 0.5) is 4.79 Å². The average Bonchev–Trinajstić information content (AvgIpc) is 2.68. The molecular formula is C14H23N3O3. The minimum atomic E-state index is -0.343. The Hall–Kier alpha value is -1.56. The zero-order chi connectivity index (χ0) is 14.4. The first-order valence-electron chi connectivity index (χ1n) is 7.37. The van der Waals surface area contributed by atoms with Gasteiger partial charge in [-0.3, -0.25) is 4.90 Å². The summed E-state index contributed by atoms with van der Waals surface area (Å²) in [6.07, 6.45) is 4.87. The fraction of sp³-hybridized carbons (Fsp3) is 0.714. The monoisotopic (exact) mass is 281 g/mol. The molecular weight excluding hydrogens is 258 g/mol. The highest BCUT2D eigenvalue weighted by molar-refractivity contribution is 5.93. The largest absolute Gasteiger partial charge is 0.463 e. The highest BCUT2D eigenvalue weighted by Gasteiger charge is 2.25. The number of nitrogens with one attached hydrogen (secondary N) is 2. The summed E-state index contributed by atoms with van der Waals surface area (Å²) in [5, 5.41) is 5.38. The summed E-state index contributed by atoms with van der Waals surface area (Å²) in [6, 6.07) is -0.247. The number of carbonyl (C=O) groups is 2. The molecule has 2 aliphatic heterocycles. The van der Waals surface area contributed by atoms with E-state index in [0.29, 0.717) is 24.4 Å². The van der Waals surface area contributed by atoms with Gasteiger partial charge in [0.25, 0.3) is 0 Å². The average molecular weight is 281 g/mol. The van der Waals surface area contributed by atoms with Crippen LogP contribution in [0.3, 0.4) is 0 Å². The molecule has 0 unspecified atom stereocenters. The van der Waals surface area contributed by atoms with Gasteiger partial charge in [-0.2, -0.15) is 0 Å². The molecule has 2 rings (SSSR count). The molecule has 6 heteroatoms. The summed E-state index contributed by atoms with van der Waals surface area (Å²) >= 11 is 0. The first-order valence-corrected chi connectivity index (χ1v) is 7.37. The van der Waals surface area contributed by atoms with Crippen molar-refractivity contribution in [3.63, 3.8) is 0 Å². The van der Waals surface area contributed by atoms with Crippen LogP contribution in [-0.2, 0) is 9.53 Å². The molecule has 0 aromatic carbocycles. The van der Waals surface area contributed by atoms with E-state index in [1.807, 2.05) is 0 Å². The molecule has 0 aliphatic carbocycles. The number of rotatable bonds is 4. The van der Waals surface area contributed by atoms with Gasteiger partial charge >= 0.3 is 12.0 Å². The standard InChI is InChI=1S/C14H23N3O3/c1-2-20-13(18)11-9-15-14(19)16-12(11)10-17-7-5-3-4-6-8-17/h2-10H2,1H3,(H2,15,16,19). The van der Waals surface area contributed by atoms with Crippen molar-refractivity contribution in [1.82, 2.24) is 15.5 Å². The summed E-state index contributed by atoms with van der Waals surface area (Å²) in [7, 11) is 0. The molecule has 0 atom stereocenters. The fourth-order valence-corrected chi connectivity index (χ4v) is 2.60. The number of carbonyl (C=O) groups excluding carboxylic acids is 2. The SMILES string of the molecule is CCOC(=O)C1=C(CN2CCCCCC2)NC(=O)NC1. The Labute approximate surface area is 119 Å². The molecule has 1 fully saturated rings. The second kappa shape index (κ2) is 7.28. The molecule has 6 nitrogen and oxygen atoms in total. The third-order valence-corrected chi connectivity index (χ3v) is 3.66. The molecule has 1 saturated heterocycles. The normalized spacial score (nSPS) is 20.9. The molecule has 0 aromatic rings. The molecule has 112 valence electrons. The van der Waals surface area contributed by atoms with Gasteiger partial charge in [0.05, 0.1) is 18.7 Å². The molecule has 0 aromatic heterocycles. The van der Waals surface area contributed by atoms with Crippen LogP contribution >= 0.6 is 0 Å². The zero-order valence-electron chi connectivity index (χ0n) is 12.0. The van der Waals surface area contributed by atoms with E-state index < -0.39 is 0 Å². The van der Waals surface area contributed by atoms with Gasteiger partial charge in [-0.1, -0.05) is 12.8 Å². The molecule has 2 amide bonds. The van der Waals surface area contributed by atoms with Gasteiger partial charge in [0.2, 0.25) is 0 Å². The van der Waals surface area contributed by atoms with Crippen LogP contribution in [0.5, 0.6) is 0 Å². The van der Waals surface area contributed by atoms with Crippen molar-refractivity contribution < 1.29 is 14.3 Å². The van der Waals surface area contributed by atoms with Crippen LogP contribution in [-0.4, -0.2) is 49.7 Å². The molecule has 2 heterocycles. The summed E-state index contributed by atoms with van der Waals surface area (Å²) in [5.41, 5.74) is 1.23. The third-order valence-electron chi connectivity index (χ3n) is 3.66. The Morgan fingerprint density at radius 1 is 1.25 bits per heavy atom. The fourth-order valence-electron chi connectivity index (χ4n) is 2.60. The van der Waals surface area contributed by atoms with Gasteiger partial charge in [0.1, 0.15) is 0 Å². The summed E-state index contributed by atoms with van der Waals surface area (Å²) in [4.78, 5) is 25.7. The molecule has 0 bridgehead atoms. The van der Waals surface area contributed by atoms with Crippen molar-refractivity contribution in [3.05, 3.63) is 11.3 Å². The number of esters is 1. The number of urea groups is 1. The second-order valence-electron chi connectivity index (χ2n) is 5.18. The van der Waals surface area contributed by atoms with E-state index in [1.54, 1.807) is 6.92 Å². The molecule has 0 spiro atoms. The van der Waals surface area contributed by atoms with Crippen LogP contribution in [0.25, 0.3) is 0 Å². The summed E-state index contributed by atoms with van der Waals surface area (Å²) < 4.78 is 5.05. The zero-order valence-corrected chi connectivity index (χ0v) is 12.0. The number of nitrogens with zero attached hydrogens (tertiary/aromatic N) is 1. The minimum Gasteiger partial charge on any atom is -0.463 e. The van der Waals surface area contributed by atoms with Gasteiger partial charge in [-0.25, -0.2) is 9.59 Å². The highest BCUT2D eigenvalue weighted by Crippen LogP contribution is 2.14. The summed E-state index contributed by atoms with van der Waals surface area (Å²) in [6.45, 7) is 5.01. The Balaban J connectivity index is 2.08. The van der Waals surface area contributed by atoms with E-state index in [4.69, 9.17) is 4.74 Å². The predicted octanol–water partition coefficient (Wildman–Crippen LogP) is 0.992. The van der Waals surface area contributed by atoms with E-state index >= 15 is 0 Å². The maximum absolute atomic E-state index is 11.9. The van der Waals surface area contributed by atoms with E-state index in [0.717, 1.165) is 13.1 Å². The maximum atomic E-state index is 11.9. The quantitative estimate of drug-likeness (QED) is 0.754. The first-order chi connectivity index (χ1) is 9.70. The van der Waals surface area contributed by atoms with Crippen LogP contribution in [0.15, 0.2) is 11.3 Å². The first kappa shape index (κ1) is 14.8. The van der Waals surface area contributed by atoms with Crippen molar-refractivity contribution in [2.75, 3.05) is 32.8 Å². The van der Waals surface area contributed by atoms with Crippen LogP contribution in [0, 0.1) is 0 Å². The van der Waals surface area contributed by atoms with E-state index in [2.05, 4.69) is 15.5 Å². The number of likely N-dealkylation sites (tertiary alicyclic amines) is 1. The van der Waals surface area contributed by atoms with Crippen LogP contribution in [0.1, 0.15) is 32.6 Å². The van der Waals surface area contributed by atoms with Gasteiger partial charge in [0, 0.05) is 12.2 Å². The van der Waals surface area contributed by atoms with Gasteiger partial charge in [-0.05, 0) is 32.9 Å². The van der Waals surface area contributed by atoms with Gasteiger partial charge in [0.15, 0.2) is 0 Å². The van der Waals surface area contributed by atoms with E-state index in [1.165, 1.54) is 25.7 Å². The Morgan fingerprint density at radius 2 is 1.95 bits per heavy atom. The molecule has 2 N–H and O–H groups in total. The maximum Gasteiger partial charge on any atom is 0.337 e. The number of ether oxygens (including phenoxy) is 1. The predicted molar refractivity (Wildman–Crippen MR) is 75.1 cm³/mol. The lowest BCUT2D eigenvalue weighted by molar-refractivity contribution is -0.138.